The Morgan fingerprint density at radius 2 is 1.92 bits per heavy atom. The second-order valence-electron chi connectivity index (χ2n) is 9.56. The van der Waals surface area contributed by atoms with E-state index in [0.717, 1.165) is 25.2 Å². The Morgan fingerprint density at radius 3 is 2.71 bits per heavy atom. The molecule has 1 aliphatic heterocycles. The highest BCUT2D eigenvalue weighted by Gasteiger charge is 2.71. The van der Waals surface area contributed by atoms with E-state index in [1.807, 2.05) is 0 Å². The van der Waals surface area contributed by atoms with Crippen LogP contribution in [0.4, 0.5) is 0 Å². The van der Waals surface area contributed by atoms with Gasteiger partial charge in [-0.2, -0.15) is 5.48 Å². The number of carbonyl (C=O) groups is 1. The first-order valence-corrected chi connectivity index (χ1v) is 10.1. The van der Waals surface area contributed by atoms with Gasteiger partial charge in [-0.15, -0.1) is 0 Å². The second kappa shape index (κ2) is 5.05. The van der Waals surface area contributed by atoms with Crippen LogP contribution in [0.5, 0.6) is 0 Å². The number of ether oxygens (including phenoxy) is 1. The SMILES string of the molecule is CC12CCCCC1CCC1C2CC(=O)C2(C)C1CCC21OCNO1. The Kier molecular flexibility index (Phi) is 3.32. The van der Waals surface area contributed by atoms with Crippen LogP contribution in [0.25, 0.3) is 0 Å². The normalized spacial score (nSPS) is 56.8. The van der Waals surface area contributed by atoms with E-state index in [4.69, 9.17) is 9.57 Å². The van der Waals surface area contributed by atoms with E-state index >= 15 is 0 Å². The molecule has 5 rings (SSSR count). The molecule has 1 N–H and O–H groups in total. The van der Waals surface area contributed by atoms with Crippen LogP contribution in [0.1, 0.15) is 71.6 Å². The molecule has 0 aromatic rings. The van der Waals surface area contributed by atoms with Gasteiger partial charge in [0.15, 0.2) is 0 Å². The van der Waals surface area contributed by atoms with Crippen LogP contribution in [0.2, 0.25) is 0 Å². The lowest BCUT2D eigenvalue weighted by Crippen LogP contribution is -2.60. The number of carbonyl (C=O) groups excluding carboxylic acids is 1. The minimum absolute atomic E-state index is 0.392. The average molecular weight is 333 g/mol. The van der Waals surface area contributed by atoms with E-state index in [0.29, 0.717) is 35.7 Å². The van der Waals surface area contributed by atoms with Gasteiger partial charge in [0.2, 0.25) is 5.79 Å². The number of rotatable bonds is 0. The van der Waals surface area contributed by atoms with Crippen molar-refractivity contribution in [3.8, 4) is 0 Å². The Labute approximate surface area is 145 Å². The molecular formula is C20H31NO3. The third-order valence-corrected chi connectivity index (χ3v) is 9.08. The molecule has 0 amide bonds. The summed E-state index contributed by atoms with van der Waals surface area (Å²) >= 11 is 0. The van der Waals surface area contributed by atoms with Gasteiger partial charge in [-0.05, 0) is 68.1 Å². The van der Waals surface area contributed by atoms with Crippen molar-refractivity contribution in [1.29, 1.82) is 0 Å². The highest BCUT2D eigenvalue weighted by Crippen LogP contribution is 2.68. The number of hydrogen-bond acceptors (Lipinski definition) is 4. The average Bonchev–Trinajstić information content (AvgIpc) is 3.16. The monoisotopic (exact) mass is 333 g/mol. The maximum Gasteiger partial charge on any atom is 0.201 e. The standard InChI is InChI=1S/C20H31NO3/c1-18-9-4-3-5-13(18)6-7-14-15-8-10-20(23-12-21-24-20)19(15,2)17(22)11-16(14)18/h13-16,21H,3-12H2,1-2H3. The van der Waals surface area contributed by atoms with Crippen LogP contribution < -0.4 is 5.48 Å². The Balaban J connectivity index is 1.53. The number of hydroxylamine groups is 1. The summed E-state index contributed by atoms with van der Waals surface area (Å²) in [7, 11) is 0. The fourth-order valence-corrected chi connectivity index (χ4v) is 7.69. The van der Waals surface area contributed by atoms with Crippen molar-refractivity contribution >= 4 is 5.78 Å². The lowest BCUT2D eigenvalue weighted by Gasteiger charge is -2.60. The molecule has 7 unspecified atom stereocenters. The van der Waals surface area contributed by atoms with E-state index in [2.05, 4.69) is 19.3 Å². The minimum atomic E-state index is -0.704. The fraction of sp³-hybridized carbons (Fsp3) is 0.950. The van der Waals surface area contributed by atoms with Crippen molar-refractivity contribution in [1.82, 2.24) is 5.48 Å². The molecule has 4 aliphatic carbocycles. The third kappa shape index (κ3) is 1.73. The zero-order valence-electron chi connectivity index (χ0n) is 15.1. The Morgan fingerprint density at radius 1 is 1.04 bits per heavy atom. The highest BCUT2D eigenvalue weighted by atomic mass is 16.8. The largest absolute Gasteiger partial charge is 0.330 e. The van der Waals surface area contributed by atoms with Gasteiger partial charge in [0.1, 0.15) is 12.5 Å². The van der Waals surface area contributed by atoms with Crippen LogP contribution in [-0.2, 0) is 14.4 Å². The smallest absolute Gasteiger partial charge is 0.201 e. The van der Waals surface area contributed by atoms with Gasteiger partial charge < -0.3 is 4.74 Å². The molecular weight excluding hydrogens is 302 g/mol. The molecule has 24 heavy (non-hydrogen) atoms. The minimum Gasteiger partial charge on any atom is -0.330 e. The Bertz CT molecular complexity index is 557. The summed E-state index contributed by atoms with van der Waals surface area (Å²) in [6.45, 7) is 5.06. The zero-order chi connectivity index (χ0) is 16.6. The first kappa shape index (κ1) is 15.8. The van der Waals surface area contributed by atoms with Gasteiger partial charge in [0, 0.05) is 12.8 Å². The summed E-state index contributed by atoms with van der Waals surface area (Å²) < 4.78 is 6.00. The van der Waals surface area contributed by atoms with Crippen LogP contribution in [0.3, 0.4) is 0 Å². The van der Waals surface area contributed by atoms with Gasteiger partial charge in [-0.3, -0.25) is 9.63 Å². The summed E-state index contributed by atoms with van der Waals surface area (Å²) in [6.07, 6.45) is 10.8. The van der Waals surface area contributed by atoms with E-state index in [1.165, 1.54) is 38.5 Å². The van der Waals surface area contributed by atoms with Crippen LogP contribution >= 0.6 is 0 Å². The predicted molar refractivity (Wildman–Crippen MR) is 89.6 cm³/mol. The summed E-state index contributed by atoms with van der Waals surface area (Å²) in [5, 5.41) is 0. The molecule has 4 heteroatoms. The van der Waals surface area contributed by atoms with Crippen molar-refractivity contribution in [2.75, 3.05) is 6.73 Å². The second-order valence-corrected chi connectivity index (χ2v) is 9.56. The summed E-state index contributed by atoms with van der Waals surface area (Å²) in [5.41, 5.74) is 2.81. The first-order chi connectivity index (χ1) is 11.5. The topological polar surface area (TPSA) is 47.6 Å². The third-order valence-electron chi connectivity index (χ3n) is 9.08. The molecule has 4 saturated carbocycles. The highest BCUT2D eigenvalue weighted by molar-refractivity contribution is 5.87. The molecule has 5 aliphatic rings. The maximum absolute atomic E-state index is 13.4. The molecule has 0 aromatic carbocycles. The lowest BCUT2D eigenvalue weighted by molar-refractivity contribution is -0.245. The number of nitrogens with one attached hydrogen (secondary N) is 1. The number of fused-ring (bicyclic) bond motifs is 6. The number of Topliss-reactive ketones (excluding diaryl/α,β-unsaturated/α-hetero) is 1. The van der Waals surface area contributed by atoms with Crippen molar-refractivity contribution in [3.63, 3.8) is 0 Å². The van der Waals surface area contributed by atoms with Crippen molar-refractivity contribution in [3.05, 3.63) is 0 Å². The quantitative estimate of drug-likeness (QED) is 0.732. The predicted octanol–water partition coefficient (Wildman–Crippen LogP) is 3.80. The molecule has 1 spiro atoms. The molecule has 0 aromatic heterocycles. The Hall–Kier alpha value is -0.450. The van der Waals surface area contributed by atoms with Gasteiger partial charge >= 0.3 is 0 Å². The summed E-state index contributed by atoms with van der Waals surface area (Å²) in [6, 6.07) is 0. The van der Waals surface area contributed by atoms with E-state index in [9.17, 15) is 4.79 Å². The number of hydrogen-bond donors (Lipinski definition) is 1. The van der Waals surface area contributed by atoms with Gasteiger partial charge in [0.05, 0.1) is 5.41 Å². The van der Waals surface area contributed by atoms with E-state index in [1.54, 1.807) is 0 Å². The molecule has 5 fully saturated rings. The molecule has 1 saturated heterocycles. The molecule has 134 valence electrons. The molecule has 4 nitrogen and oxygen atoms in total. The number of ketones is 1. The molecule has 0 bridgehead atoms. The molecule has 7 atom stereocenters. The fourth-order valence-electron chi connectivity index (χ4n) is 7.69. The van der Waals surface area contributed by atoms with Gasteiger partial charge in [-0.1, -0.05) is 19.8 Å². The van der Waals surface area contributed by atoms with Crippen molar-refractivity contribution in [2.24, 2.45) is 34.5 Å². The van der Waals surface area contributed by atoms with Crippen LogP contribution in [0, 0.1) is 34.5 Å². The van der Waals surface area contributed by atoms with E-state index in [-0.39, 0.29) is 0 Å². The van der Waals surface area contributed by atoms with E-state index < -0.39 is 11.2 Å². The first-order valence-electron chi connectivity index (χ1n) is 10.1. The van der Waals surface area contributed by atoms with Crippen molar-refractivity contribution in [2.45, 2.75) is 77.4 Å². The molecule has 1 heterocycles. The maximum atomic E-state index is 13.4. The molecule has 0 radical (unpaired) electrons. The lowest BCUT2D eigenvalue weighted by atomic mass is 9.45. The summed E-state index contributed by atoms with van der Waals surface area (Å²) in [4.78, 5) is 19.3. The summed E-state index contributed by atoms with van der Waals surface area (Å²) in [5.74, 6) is 2.25. The van der Waals surface area contributed by atoms with Gasteiger partial charge in [0.25, 0.3) is 0 Å². The van der Waals surface area contributed by atoms with Crippen LogP contribution in [-0.4, -0.2) is 18.3 Å². The van der Waals surface area contributed by atoms with Gasteiger partial charge in [-0.25, -0.2) is 0 Å². The zero-order valence-corrected chi connectivity index (χ0v) is 15.1. The van der Waals surface area contributed by atoms with Crippen LogP contribution in [0.15, 0.2) is 0 Å². The van der Waals surface area contributed by atoms with Crippen molar-refractivity contribution < 1.29 is 14.4 Å².